The second-order valence-electron chi connectivity index (χ2n) is 6.35. The molecule has 1 saturated heterocycles. The minimum atomic E-state index is -0.583. The summed E-state index contributed by atoms with van der Waals surface area (Å²) in [6.07, 6.45) is 2.61. The van der Waals surface area contributed by atoms with E-state index in [1.807, 2.05) is 43.6 Å². The SMILES string of the molecule is CN1CCC(N)(c2nc(-c3cn(Cc4ccccc4)nn3)no2)C1. The molecule has 2 aromatic heterocycles. The van der Waals surface area contributed by atoms with Crippen LogP contribution in [0.3, 0.4) is 0 Å². The van der Waals surface area contributed by atoms with Gasteiger partial charge in [0.1, 0.15) is 5.54 Å². The van der Waals surface area contributed by atoms with Crippen molar-refractivity contribution in [3.05, 3.63) is 48.0 Å². The fourth-order valence-corrected chi connectivity index (χ4v) is 2.98. The maximum absolute atomic E-state index is 6.39. The van der Waals surface area contributed by atoms with E-state index in [-0.39, 0.29) is 0 Å². The van der Waals surface area contributed by atoms with Crippen LogP contribution in [-0.4, -0.2) is 50.2 Å². The maximum Gasteiger partial charge on any atom is 0.248 e. The molecule has 8 heteroatoms. The number of nitrogens with zero attached hydrogens (tertiary/aromatic N) is 6. The van der Waals surface area contributed by atoms with Crippen LogP contribution in [0.15, 0.2) is 41.1 Å². The molecule has 1 aromatic carbocycles. The van der Waals surface area contributed by atoms with Crippen LogP contribution in [0.25, 0.3) is 11.5 Å². The maximum atomic E-state index is 6.39. The van der Waals surface area contributed by atoms with Crippen LogP contribution >= 0.6 is 0 Å². The molecular weight excluding hydrogens is 306 g/mol. The number of aromatic nitrogens is 5. The molecule has 0 spiro atoms. The Balaban J connectivity index is 1.53. The Morgan fingerprint density at radius 1 is 1.29 bits per heavy atom. The summed E-state index contributed by atoms with van der Waals surface area (Å²) in [6, 6.07) is 10.1. The Bertz CT molecular complexity index is 828. The highest BCUT2D eigenvalue weighted by Gasteiger charge is 2.39. The highest BCUT2D eigenvalue weighted by molar-refractivity contribution is 5.45. The Labute approximate surface area is 139 Å². The van der Waals surface area contributed by atoms with Crippen LogP contribution in [-0.2, 0) is 12.1 Å². The van der Waals surface area contributed by atoms with Gasteiger partial charge in [-0.05, 0) is 19.0 Å². The van der Waals surface area contributed by atoms with Crippen molar-refractivity contribution in [2.45, 2.75) is 18.5 Å². The highest BCUT2D eigenvalue weighted by atomic mass is 16.5. The van der Waals surface area contributed by atoms with E-state index >= 15 is 0 Å². The first-order valence-electron chi connectivity index (χ1n) is 7.88. The molecule has 0 radical (unpaired) electrons. The van der Waals surface area contributed by atoms with Gasteiger partial charge >= 0.3 is 0 Å². The fourth-order valence-electron chi connectivity index (χ4n) is 2.98. The van der Waals surface area contributed by atoms with E-state index in [1.54, 1.807) is 4.68 Å². The summed E-state index contributed by atoms with van der Waals surface area (Å²) in [4.78, 5) is 6.60. The van der Waals surface area contributed by atoms with Crippen molar-refractivity contribution in [3.63, 3.8) is 0 Å². The third kappa shape index (κ3) is 2.81. The van der Waals surface area contributed by atoms with Crippen molar-refractivity contribution in [2.24, 2.45) is 5.73 Å². The lowest BCUT2D eigenvalue weighted by Gasteiger charge is -2.17. The van der Waals surface area contributed by atoms with Crippen molar-refractivity contribution in [1.29, 1.82) is 0 Å². The van der Waals surface area contributed by atoms with E-state index in [2.05, 4.69) is 25.4 Å². The third-order valence-electron chi connectivity index (χ3n) is 4.30. The van der Waals surface area contributed by atoms with Gasteiger partial charge in [-0.25, -0.2) is 4.68 Å². The number of likely N-dealkylation sites (N-methyl/N-ethyl adjacent to an activating group) is 1. The second kappa shape index (κ2) is 5.81. The molecule has 2 N–H and O–H groups in total. The molecule has 1 fully saturated rings. The summed E-state index contributed by atoms with van der Waals surface area (Å²) >= 11 is 0. The Morgan fingerprint density at radius 3 is 2.88 bits per heavy atom. The van der Waals surface area contributed by atoms with E-state index in [9.17, 15) is 0 Å². The van der Waals surface area contributed by atoms with Gasteiger partial charge in [0, 0.05) is 13.1 Å². The van der Waals surface area contributed by atoms with E-state index in [0.29, 0.717) is 30.5 Å². The predicted octanol–water partition coefficient (Wildman–Crippen LogP) is 0.866. The van der Waals surface area contributed by atoms with Gasteiger partial charge in [-0.15, -0.1) is 5.10 Å². The summed E-state index contributed by atoms with van der Waals surface area (Å²) in [5, 5.41) is 12.3. The number of hydrogen-bond acceptors (Lipinski definition) is 7. The number of hydrogen-bond donors (Lipinski definition) is 1. The molecule has 4 rings (SSSR count). The Kier molecular flexibility index (Phi) is 3.62. The molecule has 3 heterocycles. The molecule has 1 unspecified atom stereocenters. The molecule has 0 amide bonds. The summed E-state index contributed by atoms with van der Waals surface area (Å²) in [7, 11) is 2.03. The first-order chi connectivity index (χ1) is 11.6. The van der Waals surface area contributed by atoms with Crippen molar-refractivity contribution in [2.75, 3.05) is 20.1 Å². The zero-order valence-corrected chi connectivity index (χ0v) is 13.5. The molecule has 0 saturated carbocycles. The largest absolute Gasteiger partial charge is 0.337 e. The second-order valence-corrected chi connectivity index (χ2v) is 6.35. The van der Waals surface area contributed by atoms with Gasteiger partial charge in [-0.2, -0.15) is 4.98 Å². The van der Waals surface area contributed by atoms with E-state index in [4.69, 9.17) is 10.3 Å². The van der Waals surface area contributed by atoms with Gasteiger partial charge in [0.15, 0.2) is 5.69 Å². The van der Waals surface area contributed by atoms with Gasteiger partial charge in [0.05, 0.1) is 12.7 Å². The number of benzene rings is 1. The quantitative estimate of drug-likeness (QED) is 0.759. The summed E-state index contributed by atoms with van der Waals surface area (Å²) < 4.78 is 7.14. The van der Waals surface area contributed by atoms with Crippen LogP contribution in [0.2, 0.25) is 0 Å². The summed E-state index contributed by atoms with van der Waals surface area (Å²) in [6.45, 7) is 2.26. The lowest BCUT2D eigenvalue weighted by molar-refractivity contribution is 0.278. The molecular formula is C16H19N7O. The van der Waals surface area contributed by atoms with Crippen molar-refractivity contribution in [3.8, 4) is 11.5 Å². The molecule has 1 aliphatic rings. The van der Waals surface area contributed by atoms with Gasteiger partial charge in [0.25, 0.3) is 0 Å². The van der Waals surface area contributed by atoms with Crippen LogP contribution < -0.4 is 5.73 Å². The molecule has 0 aliphatic carbocycles. The lowest BCUT2D eigenvalue weighted by Crippen LogP contribution is -2.39. The fraction of sp³-hybridized carbons (Fsp3) is 0.375. The highest BCUT2D eigenvalue weighted by Crippen LogP contribution is 2.28. The summed E-state index contributed by atoms with van der Waals surface area (Å²) in [5.41, 5.74) is 7.54. The lowest BCUT2D eigenvalue weighted by atomic mass is 10.0. The first-order valence-corrected chi connectivity index (χ1v) is 7.88. The van der Waals surface area contributed by atoms with Gasteiger partial charge in [-0.1, -0.05) is 40.7 Å². The molecule has 0 bridgehead atoms. The minimum absolute atomic E-state index is 0.420. The zero-order chi connectivity index (χ0) is 16.6. The van der Waals surface area contributed by atoms with Gasteiger partial charge < -0.3 is 15.2 Å². The third-order valence-corrected chi connectivity index (χ3v) is 4.30. The number of nitrogens with two attached hydrogens (primary N) is 1. The van der Waals surface area contributed by atoms with Gasteiger partial charge in [0.2, 0.25) is 11.7 Å². The average Bonchev–Trinajstić information content (AvgIpc) is 3.29. The van der Waals surface area contributed by atoms with Crippen LogP contribution in [0.1, 0.15) is 17.9 Å². The minimum Gasteiger partial charge on any atom is -0.337 e. The van der Waals surface area contributed by atoms with Crippen LogP contribution in [0.4, 0.5) is 0 Å². The molecule has 3 aromatic rings. The van der Waals surface area contributed by atoms with Crippen molar-refractivity contribution < 1.29 is 4.52 Å². The smallest absolute Gasteiger partial charge is 0.248 e. The van der Waals surface area contributed by atoms with Gasteiger partial charge in [-0.3, -0.25) is 0 Å². The van der Waals surface area contributed by atoms with E-state index in [0.717, 1.165) is 18.5 Å². The standard InChI is InChI=1S/C16H19N7O/c1-22-8-7-16(17,11-22)15-18-14(20-24-15)13-10-23(21-19-13)9-12-5-3-2-4-6-12/h2-6,10H,7-9,11,17H2,1H3. The van der Waals surface area contributed by atoms with Crippen molar-refractivity contribution in [1.82, 2.24) is 30.0 Å². The topological polar surface area (TPSA) is 98.9 Å². The summed E-state index contributed by atoms with van der Waals surface area (Å²) in [5.74, 6) is 0.878. The predicted molar refractivity (Wildman–Crippen MR) is 86.8 cm³/mol. The Hall–Kier alpha value is -2.58. The molecule has 124 valence electrons. The van der Waals surface area contributed by atoms with E-state index in [1.165, 1.54) is 0 Å². The monoisotopic (exact) mass is 325 g/mol. The normalized spacial score (nSPS) is 21.4. The number of likely N-dealkylation sites (tertiary alicyclic amines) is 1. The van der Waals surface area contributed by atoms with Crippen LogP contribution in [0.5, 0.6) is 0 Å². The van der Waals surface area contributed by atoms with Crippen molar-refractivity contribution >= 4 is 0 Å². The average molecular weight is 325 g/mol. The first kappa shape index (κ1) is 15.0. The molecule has 24 heavy (non-hydrogen) atoms. The van der Waals surface area contributed by atoms with Crippen LogP contribution in [0, 0.1) is 0 Å². The molecule has 8 nitrogen and oxygen atoms in total. The molecule has 1 aliphatic heterocycles. The zero-order valence-electron chi connectivity index (χ0n) is 13.5. The number of rotatable bonds is 4. The van der Waals surface area contributed by atoms with E-state index < -0.39 is 5.54 Å². The molecule has 1 atom stereocenters. The Morgan fingerprint density at radius 2 is 2.12 bits per heavy atom.